The number of aromatic nitrogens is 1. The van der Waals surface area contributed by atoms with Gasteiger partial charge in [0.05, 0.1) is 18.2 Å². The zero-order valence-corrected chi connectivity index (χ0v) is 14.5. The third-order valence-electron chi connectivity index (χ3n) is 3.83. The molecule has 1 aromatic heterocycles. The average molecular weight is 358 g/mol. The number of hydrogen-bond donors (Lipinski definition) is 0. The molecule has 0 saturated heterocycles. The van der Waals surface area contributed by atoms with Crippen molar-refractivity contribution in [1.29, 1.82) is 0 Å². The molecule has 0 bridgehead atoms. The van der Waals surface area contributed by atoms with Gasteiger partial charge in [-0.05, 0) is 37.3 Å². The van der Waals surface area contributed by atoms with E-state index in [1.54, 1.807) is 55.5 Å². The van der Waals surface area contributed by atoms with E-state index in [0.29, 0.717) is 27.2 Å². The van der Waals surface area contributed by atoms with Crippen LogP contribution in [0.15, 0.2) is 54.7 Å². The van der Waals surface area contributed by atoms with Crippen molar-refractivity contribution in [3.63, 3.8) is 0 Å². The van der Waals surface area contributed by atoms with E-state index in [4.69, 9.17) is 21.1 Å². The zero-order chi connectivity index (χ0) is 18.0. The van der Waals surface area contributed by atoms with E-state index >= 15 is 0 Å². The van der Waals surface area contributed by atoms with Crippen LogP contribution in [0.25, 0.3) is 10.9 Å². The van der Waals surface area contributed by atoms with Crippen molar-refractivity contribution in [3.05, 3.63) is 65.3 Å². The predicted molar refractivity (Wildman–Crippen MR) is 95.4 cm³/mol. The summed E-state index contributed by atoms with van der Waals surface area (Å²) < 4.78 is 11.9. The lowest BCUT2D eigenvalue weighted by molar-refractivity contribution is 0.0602. The molecule has 0 fully saturated rings. The number of para-hydroxylation sites is 1. The molecule has 5 nitrogen and oxygen atoms in total. The van der Waals surface area contributed by atoms with Crippen molar-refractivity contribution >= 4 is 34.4 Å². The summed E-state index contributed by atoms with van der Waals surface area (Å²) in [5.41, 5.74) is 0.963. The largest absolute Gasteiger partial charge is 0.481 e. The number of halogens is 1. The van der Waals surface area contributed by atoms with E-state index < -0.39 is 12.1 Å². The molecule has 0 amide bonds. The molecule has 2 aromatic carbocycles. The first-order valence-electron chi connectivity index (χ1n) is 7.66. The van der Waals surface area contributed by atoms with Gasteiger partial charge in [-0.15, -0.1) is 0 Å². The van der Waals surface area contributed by atoms with Crippen molar-refractivity contribution in [3.8, 4) is 5.75 Å². The molecule has 0 radical (unpaired) electrons. The normalized spacial score (nSPS) is 12.0. The maximum Gasteiger partial charge on any atom is 0.340 e. The maximum atomic E-state index is 12.8. The van der Waals surface area contributed by atoms with Gasteiger partial charge in [-0.1, -0.05) is 29.8 Å². The fraction of sp³-hybridized carbons (Fsp3) is 0.158. The van der Waals surface area contributed by atoms with Crippen molar-refractivity contribution in [1.82, 2.24) is 4.57 Å². The number of rotatable bonds is 4. The molecule has 1 atom stereocenters. The Morgan fingerprint density at radius 3 is 2.44 bits per heavy atom. The van der Waals surface area contributed by atoms with Crippen LogP contribution in [0.5, 0.6) is 5.75 Å². The van der Waals surface area contributed by atoms with E-state index in [9.17, 15) is 9.59 Å². The average Bonchev–Trinajstić information content (AvgIpc) is 3.02. The zero-order valence-electron chi connectivity index (χ0n) is 13.7. The molecule has 6 heteroatoms. The summed E-state index contributed by atoms with van der Waals surface area (Å²) in [7, 11) is 1.31. The molecule has 0 saturated carbocycles. The molecule has 128 valence electrons. The van der Waals surface area contributed by atoms with Crippen LogP contribution in [-0.2, 0) is 4.74 Å². The second-order valence-electron chi connectivity index (χ2n) is 5.47. The third-order valence-corrected chi connectivity index (χ3v) is 4.08. The van der Waals surface area contributed by atoms with Gasteiger partial charge in [0.15, 0.2) is 6.10 Å². The van der Waals surface area contributed by atoms with Crippen molar-refractivity contribution in [2.24, 2.45) is 0 Å². The quantitative estimate of drug-likeness (QED) is 0.657. The molecular formula is C19H16ClNO4. The van der Waals surface area contributed by atoms with Gasteiger partial charge in [0.25, 0.3) is 5.91 Å². The third kappa shape index (κ3) is 3.37. The number of methoxy groups -OCH3 is 1. The molecule has 1 heterocycles. The number of hydrogen-bond acceptors (Lipinski definition) is 4. The van der Waals surface area contributed by atoms with Gasteiger partial charge in [-0.25, -0.2) is 4.79 Å². The highest BCUT2D eigenvalue weighted by Gasteiger charge is 2.23. The van der Waals surface area contributed by atoms with Gasteiger partial charge in [-0.3, -0.25) is 9.36 Å². The van der Waals surface area contributed by atoms with Crippen molar-refractivity contribution < 1.29 is 19.1 Å². The van der Waals surface area contributed by atoms with E-state index in [1.807, 2.05) is 0 Å². The van der Waals surface area contributed by atoms with Gasteiger partial charge in [0.1, 0.15) is 5.75 Å². The fourth-order valence-electron chi connectivity index (χ4n) is 2.60. The summed E-state index contributed by atoms with van der Waals surface area (Å²) in [6.45, 7) is 1.66. The molecular weight excluding hydrogens is 342 g/mol. The molecule has 25 heavy (non-hydrogen) atoms. The molecule has 3 rings (SSSR count). The summed E-state index contributed by atoms with van der Waals surface area (Å²) in [6, 6.07) is 13.9. The highest BCUT2D eigenvalue weighted by Crippen LogP contribution is 2.23. The van der Waals surface area contributed by atoms with Gasteiger partial charge in [0.2, 0.25) is 0 Å². The van der Waals surface area contributed by atoms with E-state index in [0.717, 1.165) is 0 Å². The van der Waals surface area contributed by atoms with Gasteiger partial charge in [-0.2, -0.15) is 0 Å². The second kappa shape index (κ2) is 6.99. The lowest BCUT2D eigenvalue weighted by atomic mass is 10.2. The Bertz CT molecular complexity index is 930. The predicted octanol–water partition coefficient (Wildman–Crippen LogP) is 4.19. The van der Waals surface area contributed by atoms with Gasteiger partial charge < -0.3 is 9.47 Å². The summed E-state index contributed by atoms with van der Waals surface area (Å²) in [5, 5.41) is 1.24. The van der Waals surface area contributed by atoms with Crippen molar-refractivity contribution in [2.75, 3.05) is 7.11 Å². The number of esters is 1. The molecule has 0 aliphatic heterocycles. The number of carbonyl (C=O) groups is 2. The van der Waals surface area contributed by atoms with Crippen LogP contribution in [0.2, 0.25) is 5.02 Å². The lowest BCUT2D eigenvalue weighted by Crippen LogP contribution is -2.28. The molecule has 0 unspecified atom stereocenters. The Balaban J connectivity index is 1.93. The number of ether oxygens (including phenoxy) is 2. The molecule has 0 N–H and O–H groups in total. The minimum atomic E-state index is -0.748. The van der Waals surface area contributed by atoms with Crippen LogP contribution in [0, 0.1) is 0 Å². The summed E-state index contributed by atoms with van der Waals surface area (Å²) in [4.78, 5) is 24.8. The Hall–Kier alpha value is -2.79. The monoisotopic (exact) mass is 357 g/mol. The second-order valence-corrected chi connectivity index (χ2v) is 5.91. The number of benzene rings is 2. The maximum absolute atomic E-state index is 12.8. The molecule has 0 spiro atoms. The topological polar surface area (TPSA) is 57.5 Å². The number of fused-ring (bicyclic) bond motifs is 1. The van der Waals surface area contributed by atoms with Crippen LogP contribution in [0.4, 0.5) is 0 Å². The molecule has 0 aliphatic rings. The fourth-order valence-corrected chi connectivity index (χ4v) is 2.72. The smallest absolute Gasteiger partial charge is 0.340 e. The number of carbonyl (C=O) groups excluding carboxylic acids is 2. The number of nitrogens with zero attached hydrogens (tertiary/aromatic N) is 1. The lowest BCUT2D eigenvalue weighted by Gasteiger charge is -2.14. The van der Waals surface area contributed by atoms with E-state index in [-0.39, 0.29) is 5.91 Å². The highest BCUT2D eigenvalue weighted by molar-refractivity contribution is 6.30. The molecule has 3 aromatic rings. The summed E-state index contributed by atoms with van der Waals surface area (Å²) in [6.07, 6.45) is 0.739. The first-order valence-corrected chi connectivity index (χ1v) is 8.04. The van der Waals surface area contributed by atoms with Crippen LogP contribution < -0.4 is 4.74 Å². The van der Waals surface area contributed by atoms with Gasteiger partial charge >= 0.3 is 5.97 Å². The Morgan fingerprint density at radius 1 is 1.08 bits per heavy atom. The minimum absolute atomic E-state index is 0.290. The van der Waals surface area contributed by atoms with Gasteiger partial charge in [0, 0.05) is 16.6 Å². The first kappa shape index (κ1) is 17.0. The first-order chi connectivity index (χ1) is 12.0. The standard InChI is InChI=1S/C19H16ClNO4/c1-12(25-14-9-7-13(20)8-10-14)18(22)21-11-16(19(23)24-2)15-5-3-4-6-17(15)21/h3-12H,1-2H3/t12-/m1/s1. The Kier molecular flexibility index (Phi) is 4.76. The Morgan fingerprint density at radius 2 is 1.76 bits per heavy atom. The van der Waals surface area contributed by atoms with Crippen LogP contribution in [-0.4, -0.2) is 29.7 Å². The van der Waals surface area contributed by atoms with Crippen LogP contribution >= 0.6 is 11.6 Å². The molecule has 0 aliphatic carbocycles. The summed E-state index contributed by atoms with van der Waals surface area (Å²) in [5.74, 6) is -0.245. The van der Waals surface area contributed by atoms with E-state index in [1.165, 1.54) is 17.9 Å². The SMILES string of the molecule is COC(=O)c1cn(C(=O)[C@@H](C)Oc2ccc(Cl)cc2)c2ccccc12. The van der Waals surface area contributed by atoms with Crippen molar-refractivity contribution in [2.45, 2.75) is 13.0 Å². The van der Waals surface area contributed by atoms with Crippen LogP contribution in [0.3, 0.4) is 0 Å². The Labute approximate surface area is 149 Å². The van der Waals surface area contributed by atoms with E-state index in [2.05, 4.69) is 0 Å². The highest BCUT2D eigenvalue weighted by atomic mass is 35.5. The minimum Gasteiger partial charge on any atom is -0.481 e. The summed E-state index contributed by atoms with van der Waals surface area (Å²) >= 11 is 5.85. The van der Waals surface area contributed by atoms with Crippen LogP contribution in [0.1, 0.15) is 22.1 Å².